The molecule has 0 fully saturated rings. The lowest BCUT2D eigenvalue weighted by atomic mass is 10.5. The molecule has 0 aliphatic carbocycles. The van der Waals surface area contributed by atoms with Crippen LogP contribution in [0.25, 0.3) is 0 Å². The van der Waals surface area contributed by atoms with Crippen molar-refractivity contribution in [3.8, 4) is 0 Å². The van der Waals surface area contributed by atoms with Crippen molar-refractivity contribution in [2.75, 3.05) is 24.6 Å². The Bertz CT molecular complexity index is 333. The van der Waals surface area contributed by atoms with Crippen LogP contribution < -0.4 is 4.90 Å². The molecule has 0 spiro atoms. The molecule has 1 rings (SSSR count). The van der Waals surface area contributed by atoms with Crippen molar-refractivity contribution in [1.82, 2.24) is 15.0 Å². The molecule has 6 heteroatoms. The second kappa shape index (κ2) is 6.09. The topological polar surface area (TPSA) is 60.3 Å². The summed E-state index contributed by atoms with van der Waals surface area (Å²) in [5.41, 5.74) is 0. The maximum absolute atomic E-state index is 11.3. The van der Waals surface area contributed by atoms with Gasteiger partial charge >= 0.3 is 5.97 Å². The fourth-order valence-corrected chi connectivity index (χ4v) is 1.49. The fraction of sp³-hybridized carbons (Fsp3) is 0.700. The van der Waals surface area contributed by atoms with E-state index in [2.05, 4.69) is 15.2 Å². The third kappa shape index (κ3) is 2.95. The van der Waals surface area contributed by atoms with E-state index in [4.69, 9.17) is 4.74 Å². The normalized spacial score (nSPS) is 10.2. The molecule has 0 bridgehead atoms. The molecule has 0 aliphatic rings. The molecule has 0 saturated heterocycles. The molecule has 0 aromatic carbocycles. The van der Waals surface area contributed by atoms with E-state index in [1.54, 1.807) is 17.8 Å². The first-order valence-corrected chi connectivity index (χ1v) is 5.51. The third-order valence-electron chi connectivity index (χ3n) is 2.27. The van der Waals surface area contributed by atoms with E-state index in [-0.39, 0.29) is 12.5 Å². The van der Waals surface area contributed by atoms with Crippen molar-refractivity contribution in [3.05, 3.63) is 6.20 Å². The molecule has 1 heterocycles. The monoisotopic (exact) mass is 226 g/mol. The van der Waals surface area contributed by atoms with Crippen molar-refractivity contribution < 1.29 is 9.53 Å². The zero-order valence-corrected chi connectivity index (χ0v) is 10.0. The summed E-state index contributed by atoms with van der Waals surface area (Å²) in [4.78, 5) is 13.4. The smallest absolute Gasteiger partial charge is 0.327 e. The van der Waals surface area contributed by atoms with Gasteiger partial charge < -0.3 is 9.64 Å². The quantitative estimate of drug-likeness (QED) is 0.668. The van der Waals surface area contributed by atoms with Gasteiger partial charge in [0.2, 0.25) is 0 Å². The Morgan fingerprint density at radius 2 is 2.12 bits per heavy atom. The van der Waals surface area contributed by atoms with Crippen LogP contribution in [-0.4, -0.2) is 40.7 Å². The van der Waals surface area contributed by atoms with Crippen molar-refractivity contribution in [1.29, 1.82) is 0 Å². The minimum atomic E-state index is -0.290. The van der Waals surface area contributed by atoms with Crippen LogP contribution in [0, 0.1) is 0 Å². The number of anilines is 1. The molecule has 6 nitrogen and oxygen atoms in total. The Morgan fingerprint density at radius 3 is 2.69 bits per heavy atom. The van der Waals surface area contributed by atoms with Crippen LogP contribution in [-0.2, 0) is 16.1 Å². The van der Waals surface area contributed by atoms with Gasteiger partial charge in [-0.2, -0.15) is 0 Å². The summed E-state index contributed by atoms with van der Waals surface area (Å²) >= 11 is 0. The molecular weight excluding hydrogens is 208 g/mol. The highest BCUT2D eigenvalue weighted by atomic mass is 16.5. The molecule has 16 heavy (non-hydrogen) atoms. The number of nitrogens with zero attached hydrogens (tertiary/aromatic N) is 4. The highest BCUT2D eigenvalue weighted by Crippen LogP contribution is 2.11. The van der Waals surface area contributed by atoms with Crippen molar-refractivity contribution in [2.45, 2.75) is 27.3 Å². The fourth-order valence-electron chi connectivity index (χ4n) is 1.49. The largest absolute Gasteiger partial charge is 0.465 e. The number of ether oxygens (including phenoxy) is 1. The van der Waals surface area contributed by atoms with E-state index in [9.17, 15) is 4.79 Å². The van der Waals surface area contributed by atoms with E-state index in [0.29, 0.717) is 6.61 Å². The lowest BCUT2D eigenvalue weighted by Crippen LogP contribution is -2.26. The van der Waals surface area contributed by atoms with Crippen LogP contribution in [0.5, 0.6) is 0 Å². The van der Waals surface area contributed by atoms with Crippen molar-refractivity contribution >= 4 is 11.8 Å². The molecule has 90 valence electrons. The second-order valence-corrected chi connectivity index (χ2v) is 3.23. The zero-order valence-electron chi connectivity index (χ0n) is 10.0. The third-order valence-corrected chi connectivity index (χ3v) is 2.27. The van der Waals surface area contributed by atoms with Crippen LogP contribution in [0.1, 0.15) is 20.8 Å². The van der Waals surface area contributed by atoms with Gasteiger partial charge in [-0.05, 0) is 20.8 Å². The Hall–Kier alpha value is -1.59. The number of esters is 1. The molecule has 1 aromatic heterocycles. The lowest BCUT2D eigenvalue weighted by molar-refractivity contribution is -0.144. The number of hydrogen-bond acceptors (Lipinski definition) is 5. The first kappa shape index (κ1) is 12.5. The van der Waals surface area contributed by atoms with Gasteiger partial charge in [0, 0.05) is 13.1 Å². The summed E-state index contributed by atoms with van der Waals surface area (Å²) in [6.07, 6.45) is 1.66. The summed E-state index contributed by atoms with van der Waals surface area (Å²) in [6, 6.07) is 0. The minimum Gasteiger partial charge on any atom is -0.465 e. The zero-order chi connectivity index (χ0) is 12.0. The summed E-state index contributed by atoms with van der Waals surface area (Å²) < 4.78 is 6.43. The maximum atomic E-state index is 11.3. The van der Waals surface area contributed by atoms with Crippen LogP contribution in [0.15, 0.2) is 6.20 Å². The molecule has 0 aliphatic heterocycles. The molecule has 0 unspecified atom stereocenters. The van der Waals surface area contributed by atoms with Crippen molar-refractivity contribution in [3.63, 3.8) is 0 Å². The standard InChI is InChI=1S/C10H18N4O2/c1-4-13(5-2)9-7-11-12-14(9)8-10(15)16-6-3/h7H,4-6,8H2,1-3H3. The van der Waals surface area contributed by atoms with E-state index >= 15 is 0 Å². The Morgan fingerprint density at radius 1 is 1.44 bits per heavy atom. The molecule has 0 radical (unpaired) electrons. The SMILES string of the molecule is CCOC(=O)Cn1nncc1N(CC)CC. The first-order chi connectivity index (χ1) is 7.72. The van der Waals surface area contributed by atoms with Crippen LogP contribution >= 0.6 is 0 Å². The molecule has 0 saturated carbocycles. The predicted octanol–water partition coefficient (Wildman–Crippen LogP) is 0.687. The summed E-state index contributed by atoms with van der Waals surface area (Å²) in [7, 11) is 0. The summed E-state index contributed by atoms with van der Waals surface area (Å²) in [5.74, 6) is 0.555. The van der Waals surface area contributed by atoms with Gasteiger partial charge in [0.1, 0.15) is 12.4 Å². The number of aromatic nitrogens is 3. The Labute approximate surface area is 95.2 Å². The Balaban J connectivity index is 2.73. The van der Waals surface area contributed by atoms with Gasteiger partial charge in [-0.1, -0.05) is 5.21 Å². The van der Waals surface area contributed by atoms with Crippen LogP contribution in [0.3, 0.4) is 0 Å². The van der Waals surface area contributed by atoms with Gasteiger partial charge in [0.15, 0.2) is 0 Å². The average Bonchev–Trinajstić information content (AvgIpc) is 2.69. The minimum absolute atomic E-state index is 0.111. The first-order valence-electron chi connectivity index (χ1n) is 5.51. The number of rotatable bonds is 6. The van der Waals surface area contributed by atoms with E-state index in [1.807, 2.05) is 13.8 Å². The van der Waals surface area contributed by atoms with Crippen molar-refractivity contribution in [2.24, 2.45) is 0 Å². The van der Waals surface area contributed by atoms with Gasteiger partial charge in [-0.15, -0.1) is 5.10 Å². The summed E-state index contributed by atoms with van der Waals surface area (Å²) in [6.45, 7) is 8.08. The molecular formula is C10H18N4O2. The van der Waals surface area contributed by atoms with Crippen LogP contribution in [0.4, 0.5) is 5.82 Å². The average molecular weight is 226 g/mol. The number of carbonyl (C=O) groups is 1. The molecule has 0 amide bonds. The number of hydrogen-bond donors (Lipinski definition) is 0. The van der Waals surface area contributed by atoms with Gasteiger partial charge in [0.05, 0.1) is 12.8 Å². The second-order valence-electron chi connectivity index (χ2n) is 3.23. The molecule has 0 N–H and O–H groups in total. The number of carbonyl (C=O) groups excluding carboxylic acids is 1. The highest BCUT2D eigenvalue weighted by Gasteiger charge is 2.13. The van der Waals surface area contributed by atoms with Crippen LogP contribution in [0.2, 0.25) is 0 Å². The highest BCUT2D eigenvalue weighted by molar-refractivity contribution is 5.69. The van der Waals surface area contributed by atoms with Gasteiger partial charge in [-0.25, -0.2) is 4.68 Å². The van der Waals surface area contributed by atoms with E-state index in [1.165, 1.54) is 0 Å². The summed E-state index contributed by atoms with van der Waals surface area (Å²) in [5, 5.41) is 7.70. The molecule has 0 atom stereocenters. The predicted molar refractivity (Wildman–Crippen MR) is 60.2 cm³/mol. The molecule has 1 aromatic rings. The van der Waals surface area contributed by atoms with E-state index in [0.717, 1.165) is 18.9 Å². The van der Waals surface area contributed by atoms with Gasteiger partial charge in [-0.3, -0.25) is 4.79 Å². The lowest BCUT2D eigenvalue weighted by Gasteiger charge is -2.20. The Kier molecular flexibility index (Phi) is 4.75. The van der Waals surface area contributed by atoms with E-state index < -0.39 is 0 Å². The maximum Gasteiger partial charge on any atom is 0.327 e. The van der Waals surface area contributed by atoms with Gasteiger partial charge in [0.25, 0.3) is 0 Å².